The van der Waals surface area contributed by atoms with Crippen LogP contribution in [0.2, 0.25) is 0 Å². The van der Waals surface area contributed by atoms with Crippen LogP contribution in [0.25, 0.3) is 54.9 Å². The smallest absolute Gasteiger partial charge is 0.138 e. The van der Waals surface area contributed by atoms with Crippen LogP contribution in [-0.2, 0) is 0 Å². The Hall–Kier alpha value is -5.68. The summed E-state index contributed by atoms with van der Waals surface area (Å²) in [6.45, 7) is 0. The Labute approximate surface area is 207 Å². The molecule has 0 saturated heterocycles. The van der Waals surface area contributed by atoms with E-state index >= 15 is 0 Å². The number of fused-ring (bicyclic) bond motifs is 2. The monoisotopic (exact) mass is 456 g/mol. The minimum atomic E-state index is -0.0234. The van der Waals surface area contributed by atoms with Crippen LogP contribution in [0.4, 0.5) is 0 Å². The number of hydrogen-bond acceptors (Lipinski definition) is 4. The van der Waals surface area contributed by atoms with Crippen molar-refractivity contribution in [2.45, 2.75) is 0 Å². The number of hydrogen-bond donors (Lipinski definition) is 0. The van der Waals surface area contributed by atoms with Crippen molar-refractivity contribution in [1.82, 2.24) is 0 Å². The van der Waals surface area contributed by atoms with Gasteiger partial charge in [-0.1, -0.05) is 84.9 Å². The van der Waals surface area contributed by atoms with Crippen LogP contribution in [0.15, 0.2) is 97.1 Å². The van der Waals surface area contributed by atoms with Crippen molar-refractivity contribution in [3.8, 4) is 46.5 Å². The summed E-state index contributed by atoms with van der Waals surface area (Å²) < 4.78 is 0. The van der Waals surface area contributed by atoms with E-state index in [1.54, 1.807) is 0 Å². The molecule has 4 heteroatoms. The maximum Gasteiger partial charge on any atom is 0.138 e. The third-order valence-electron chi connectivity index (χ3n) is 6.28. The van der Waals surface area contributed by atoms with Gasteiger partial charge in [-0.3, -0.25) is 0 Å². The van der Waals surface area contributed by atoms with E-state index in [0.29, 0.717) is 32.0 Å². The molecule has 164 valence electrons. The molecule has 0 fully saturated rings. The van der Waals surface area contributed by atoms with Crippen LogP contribution in [0.3, 0.4) is 0 Å². The molecule has 0 radical (unpaired) electrons. The molecule has 4 nitrogen and oxygen atoms in total. The minimum Gasteiger partial charge on any atom is -0.192 e. The van der Waals surface area contributed by atoms with Gasteiger partial charge in [0.1, 0.15) is 35.4 Å². The molecular weight excluding hydrogens is 440 g/mol. The van der Waals surface area contributed by atoms with Crippen molar-refractivity contribution >= 4 is 32.7 Å². The molecule has 5 rings (SSSR count). The lowest BCUT2D eigenvalue weighted by Crippen LogP contribution is -2.18. The molecule has 5 aromatic rings. The van der Waals surface area contributed by atoms with E-state index in [-0.39, 0.29) is 11.1 Å². The molecule has 5 aromatic carbocycles. The highest BCUT2D eigenvalue weighted by atomic mass is 14.3. The summed E-state index contributed by atoms with van der Waals surface area (Å²) in [5.74, 6) is 0. The zero-order valence-electron chi connectivity index (χ0n) is 19.0. The number of nitrogens with zero attached hydrogens (tertiary/aromatic N) is 4. The van der Waals surface area contributed by atoms with Crippen molar-refractivity contribution in [3.05, 3.63) is 107 Å². The van der Waals surface area contributed by atoms with Gasteiger partial charge in [0, 0.05) is 10.4 Å². The molecule has 0 aromatic heterocycles. The Balaban J connectivity index is 2.08. The van der Waals surface area contributed by atoms with Gasteiger partial charge >= 0.3 is 0 Å². The van der Waals surface area contributed by atoms with Gasteiger partial charge in [0.2, 0.25) is 0 Å². The highest BCUT2D eigenvalue weighted by Crippen LogP contribution is 2.27. The lowest BCUT2D eigenvalue weighted by molar-refractivity contribution is 1.50. The van der Waals surface area contributed by atoms with Crippen molar-refractivity contribution < 1.29 is 0 Å². The van der Waals surface area contributed by atoms with E-state index in [1.807, 2.05) is 97.1 Å². The Morgan fingerprint density at radius 1 is 0.389 bits per heavy atom. The van der Waals surface area contributed by atoms with Gasteiger partial charge in [0.15, 0.2) is 0 Å². The summed E-state index contributed by atoms with van der Waals surface area (Å²) >= 11 is 0. The average molecular weight is 457 g/mol. The molecule has 0 spiro atoms. The zero-order valence-corrected chi connectivity index (χ0v) is 19.0. The molecule has 0 aliphatic heterocycles. The lowest BCUT2D eigenvalue weighted by atomic mass is 9.90. The van der Waals surface area contributed by atoms with Crippen LogP contribution >= 0.6 is 0 Å². The van der Waals surface area contributed by atoms with Gasteiger partial charge in [-0.25, -0.2) is 0 Å². The van der Waals surface area contributed by atoms with E-state index < -0.39 is 0 Å². The fourth-order valence-electron chi connectivity index (χ4n) is 4.66. The van der Waals surface area contributed by atoms with E-state index in [9.17, 15) is 21.0 Å². The number of nitriles is 4. The molecular formula is C32H16N4. The number of rotatable bonds is 2. The molecule has 0 aliphatic carbocycles. The van der Waals surface area contributed by atoms with Gasteiger partial charge in [0.05, 0.1) is 0 Å². The van der Waals surface area contributed by atoms with Gasteiger partial charge in [-0.15, -0.1) is 0 Å². The highest BCUT2D eigenvalue weighted by Gasteiger charge is 2.15. The third kappa shape index (κ3) is 3.63. The zero-order chi connectivity index (χ0) is 25.1. The quantitative estimate of drug-likeness (QED) is 0.317. The van der Waals surface area contributed by atoms with Crippen LogP contribution < -0.4 is 10.4 Å². The molecule has 0 unspecified atom stereocenters. The largest absolute Gasteiger partial charge is 0.192 e. The van der Waals surface area contributed by atoms with Crippen LogP contribution in [-0.4, -0.2) is 0 Å². The molecule has 0 bridgehead atoms. The van der Waals surface area contributed by atoms with Crippen LogP contribution in [0.1, 0.15) is 0 Å². The molecule has 0 saturated carbocycles. The Morgan fingerprint density at radius 2 is 0.750 bits per heavy atom. The van der Waals surface area contributed by atoms with Crippen LogP contribution in [0.5, 0.6) is 0 Å². The normalized spacial score (nSPS) is 10.1. The van der Waals surface area contributed by atoms with Crippen molar-refractivity contribution in [2.75, 3.05) is 0 Å². The summed E-state index contributed by atoms with van der Waals surface area (Å²) in [4.78, 5) is 0. The first-order valence-electron chi connectivity index (χ1n) is 11.2. The van der Waals surface area contributed by atoms with Crippen molar-refractivity contribution in [3.63, 3.8) is 0 Å². The molecule has 0 N–H and O–H groups in total. The second kappa shape index (κ2) is 9.29. The first-order chi connectivity index (χ1) is 17.7. The maximum absolute atomic E-state index is 9.87. The molecule has 0 heterocycles. The average Bonchev–Trinajstić information content (AvgIpc) is 2.95. The summed E-state index contributed by atoms with van der Waals surface area (Å²) in [6, 6.07) is 39.2. The predicted octanol–water partition coefficient (Wildman–Crippen LogP) is 5.72. The SMILES string of the molecule is N#CC(C#N)=c1c2ccc(-c3ccccc3)cc2c(=C(C#N)C#N)c2ccc(-c3ccccc3)cc12. The molecule has 0 aliphatic rings. The van der Waals surface area contributed by atoms with Gasteiger partial charge in [-0.2, -0.15) is 21.0 Å². The Kier molecular flexibility index (Phi) is 5.71. The van der Waals surface area contributed by atoms with E-state index in [4.69, 9.17) is 0 Å². The molecule has 36 heavy (non-hydrogen) atoms. The van der Waals surface area contributed by atoms with Gasteiger partial charge in [-0.05, 0) is 55.9 Å². The summed E-state index contributed by atoms with van der Waals surface area (Å²) in [6.07, 6.45) is 0. The lowest BCUT2D eigenvalue weighted by Gasteiger charge is -2.12. The van der Waals surface area contributed by atoms with Crippen molar-refractivity contribution in [2.24, 2.45) is 0 Å². The Bertz CT molecular complexity index is 1780. The summed E-state index contributed by atoms with van der Waals surface area (Å²) in [7, 11) is 0. The third-order valence-corrected chi connectivity index (χ3v) is 6.28. The molecule has 0 amide bonds. The van der Waals surface area contributed by atoms with E-state index in [2.05, 4.69) is 24.3 Å². The minimum absolute atomic E-state index is 0.0234. The van der Waals surface area contributed by atoms with E-state index in [0.717, 1.165) is 22.3 Å². The first kappa shape index (κ1) is 22.1. The predicted molar refractivity (Wildman–Crippen MR) is 141 cm³/mol. The maximum atomic E-state index is 9.87. The second-order valence-corrected chi connectivity index (χ2v) is 8.20. The topological polar surface area (TPSA) is 95.2 Å². The van der Waals surface area contributed by atoms with E-state index in [1.165, 1.54) is 0 Å². The van der Waals surface area contributed by atoms with Gasteiger partial charge in [0.25, 0.3) is 0 Å². The van der Waals surface area contributed by atoms with Crippen LogP contribution in [0, 0.1) is 45.3 Å². The first-order valence-corrected chi connectivity index (χ1v) is 11.2. The molecule has 0 atom stereocenters. The highest BCUT2D eigenvalue weighted by molar-refractivity contribution is 6.07. The number of benzene rings is 5. The summed E-state index contributed by atoms with van der Waals surface area (Å²) in [5, 5.41) is 43.1. The summed E-state index contributed by atoms with van der Waals surface area (Å²) in [5.41, 5.74) is 3.72. The standard InChI is InChI=1S/C32H16N4/c33-17-25(18-34)31-28-14-12-24(22-9-5-2-6-10-22)16-30(28)32(26(19-35)20-36)27-13-11-23(15-29(27)31)21-7-3-1-4-8-21/h1-16H. The van der Waals surface area contributed by atoms with Crippen molar-refractivity contribution in [1.29, 1.82) is 21.0 Å². The van der Waals surface area contributed by atoms with Gasteiger partial charge < -0.3 is 0 Å². The fourth-order valence-corrected chi connectivity index (χ4v) is 4.66. The fraction of sp³-hybridized carbons (Fsp3) is 0. The Morgan fingerprint density at radius 3 is 1.08 bits per heavy atom. The second-order valence-electron chi connectivity index (χ2n) is 8.20.